The van der Waals surface area contributed by atoms with E-state index in [4.69, 9.17) is 4.74 Å². The maximum Gasteiger partial charge on any atom is 0.312 e. The summed E-state index contributed by atoms with van der Waals surface area (Å²) >= 11 is 1.65. The first-order valence-electron chi connectivity index (χ1n) is 10.2. The number of esters is 1. The predicted octanol–water partition coefficient (Wildman–Crippen LogP) is 6.44. The van der Waals surface area contributed by atoms with Gasteiger partial charge in [0, 0.05) is 10.5 Å². The fourth-order valence-corrected chi connectivity index (χ4v) is 3.72. The van der Waals surface area contributed by atoms with Crippen LogP contribution in [-0.4, -0.2) is 24.1 Å². The third-order valence-electron chi connectivity index (χ3n) is 5.03. The summed E-state index contributed by atoms with van der Waals surface area (Å²) in [4.78, 5) is 26.0. The van der Waals surface area contributed by atoms with E-state index in [0.717, 1.165) is 27.1 Å². The summed E-state index contributed by atoms with van der Waals surface area (Å²) in [7, 11) is 0. The van der Waals surface area contributed by atoms with Gasteiger partial charge in [0.2, 0.25) is 0 Å². The number of benzene rings is 2. The molecule has 0 radical (unpaired) electrons. The Kier molecular flexibility index (Phi) is 8.08. The molecule has 0 aliphatic rings. The topological polar surface area (TPSA) is 43.4 Å². The van der Waals surface area contributed by atoms with E-state index in [-0.39, 0.29) is 17.9 Å². The second-order valence-corrected chi connectivity index (χ2v) is 9.45. The normalized spacial score (nSPS) is 11.9. The third kappa shape index (κ3) is 6.33. The van der Waals surface area contributed by atoms with Crippen molar-refractivity contribution in [3.63, 3.8) is 0 Å². The van der Waals surface area contributed by atoms with Gasteiger partial charge in [-0.05, 0) is 107 Å². The number of ketones is 1. The fourth-order valence-electron chi connectivity index (χ4n) is 3.31. The van der Waals surface area contributed by atoms with E-state index in [1.807, 2.05) is 78.1 Å². The Balaban J connectivity index is 2.18. The Labute approximate surface area is 184 Å². The van der Waals surface area contributed by atoms with Gasteiger partial charge in [0.25, 0.3) is 0 Å². The first-order valence-corrected chi connectivity index (χ1v) is 11.4. The van der Waals surface area contributed by atoms with Gasteiger partial charge in [-0.1, -0.05) is 18.2 Å². The molecule has 0 unspecified atom stereocenters. The Bertz CT molecular complexity index is 914. The molecule has 0 spiro atoms. The van der Waals surface area contributed by atoms with Gasteiger partial charge in [0.05, 0.1) is 11.5 Å². The molecule has 0 heterocycles. The van der Waals surface area contributed by atoms with E-state index < -0.39 is 5.41 Å². The fraction of sp³-hybridized carbons (Fsp3) is 0.385. The smallest absolute Gasteiger partial charge is 0.312 e. The van der Waals surface area contributed by atoms with Crippen molar-refractivity contribution in [2.45, 2.75) is 59.0 Å². The van der Waals surface area contributed by atoms with Crippen molar-refractivity contribution in [2.75, 3.05) is 6.26 Å². The standard InChI is InChI=1S/C26H32O3S/c1-17(2)29-25(28)26(5,6)16-23-18(3)14-20(15-19(23)4)8-13-24(27)21-9-11-22(30-7)12-10-21/h8-15,17H,16H2,1-7H3/b13-8+. The van der Waals surface area contributed by atoms with Gasteiger partial charge in [-0.3, -0.25) is 9.59 Å². The quantitative estimate of drug-likeness (QED) is 0.212. The summed E-state index contributed by atoms with van der Waals surface area (Å²) in [5.74, 6) is -0.196. The summed E-state index contributed by atoms with van der Waals surface area (Å²) in [6.07, 6.45) is 5.97. The Morgan fingerprint density at radius 1 is 1.07 bits per heavy atom. The molecular weight excluding hydrogens is 392 g/mol. The number of ether oxygens (including phenoxy) is 1. The minimum Gasteiger partial charge on any atom is -0.463 e. The molecule has 0 N–H and O–H groups in total. The molecule has 0 fully saturated rings. The lowest BCUT2D eigenvalue weighted by molar-refractivity contribution is -0.157. The maximum atomic E-state index is 12.5. The molecule has 0 atom stereocenters. The minimum atomic E-state index is -0.601. The average molecular weight is 425 g/mol. The van der Waals surface area contributed by atoms with Gasteiger partial charge in [-0.15, -0.1) is 11.8 Å². The highest BCUT2D eigenvalue weighted by Gasteiger charge is 2.31. The molecule has 4 heteroatoms. The minimum absolute atomic E-state index is 0.0143. The lowest BCUT2D eigenvalue weighted by Crippen LogP contribution is -2.31. The third-order valence-corrected chi connectivity index (χ3v) is 5.78. The lowest BCUT2D eigenvalue weighted by atomic mass is 9.82. The van der Waals surface area contributed by atoms with Crippen molar-refractivity contribution in [3.8, 4) is 0 Å². The van der Waals surface area contributed by atoms with E-state index in [1.165, 1.54) is 0 Å². The van der Waals surface area contributed by atoms with Crippen LogP contribution in [0.3, 0.4) is 0 Å². The van der Waals surface area contributed by atoms with E-state index in [0.29, 0.717) is 12.0 Å². The zero-order valence-electron chi connectivity index (χ0n) is 19.0. The van der Waals surface area contributed by atoms with Crippen LogP contribution in [-0.2, 0) is 16.0 Å². The average Bonchev–Trinajstić information content (AvgIpc) is 2.68. The van der Waals surface area contributed by atoms with Gasteiger partial charge in [0.15, 0.2) is 5.78 Å². The summed E-state index contributed by atoms with van der Waals surface area (Å²) in [5.41, 5.74) is 4.42. The van der Waals surface area contributed by atoms with Crippen molar-refractivity contribution in [3.05, 3.63) is 70.3 Å². The number of rotatable bonds is 8. The summed E-state index contributed by atoms with van der Waals surface area (Å²) in [6.45, 7) is 11.7. The van der Waals surface area contributed by atoms with Crippen molar-refractivity contribution in [2.24, 2.45) is 5.41 Å². The van der Waals surface area contributed by atoms with Gasteiger partial charge < -0.3 is 4.74 Å². The molecular formula is C26H32O3S. The second-order valence-electron chi connectivity index (χ2n) is 8.57. The lowest BCUT2D eigenvalue weighted by Gasteiger charge is -2.26. The van der Waals surface area contributed by atoms with Crippen LogP contribution in [0, 0.1) is 19.3 Å². The van der Waals surface area contributed by atoms with Crippen LogP contribution in [0.2, 0.25) is 0 Å². The number of aryl methyl sites for hydroxylation is 2. The molecule has 2 rings (SSSR count). The molecule has 0 aromatic heterocycles. The highest BCUT2D eigenvalue weighted by atomic mass is 32.2. The van der Waals surface area contributed by atoms with Crippen LogP contribution in [0.1, 0.15) is 60.3 Å². The number of hydrogen-bond acceptors (Lipinski definition) is 4. The molecule has 30 heavy (non-hydrogen) atoms. The van der Waals surface area contributed by atoms with Crippen molar-refractivity contribution in [1.29, 1.82) is 0 Å². The van der Waals surface area contributed by atoms with Gasteiger partial charge in [0.1, 0.15) is 0 Å². The van der Waals surface area contributed by atoms with Gasteiger partial charge in [-0.25, -0.2) is 0 Å². The zero-order chi connectivity index (χ0) is 22.5. The molecule has 160 valence electrons. The van der Waals surface area contributed by atoms with Crippen molar-refractivity contribution in [1.82, 2.24) is 0 Å². The molecule has 0 bridgehead atoms. The second kappa shape index (κ2) is 10.1. The molecule has 0 amide bonds. The molecule has 0 saturated carbocycles. The van der Waals surface area contributed by atoms with Gasteiger partial charge >= 0.3 is 5.97 Å². The summed E-state index contributed by atoms with van der Waals surface area (Å²) in [6, 6.07) is 11.8. The number of thioether (sulfide) groups is 1. The largest absolute Gasteiger partial charge is 0.463 e. The Hall–Kier alpha value is -2.33. The highest BCUT2D eigenvalue weighted by molar-refractivity contribution is 7.98. The monoisotopic (exact) mass is 424 g/mol. The van der Waals surface area contributed by atoms with Crippen LogP contribution in [0.15, 0.2) is 47.4 Å². The molecule has 0 aliphatic heterocycles. The first kappa shape index (κ1) is 23.9. The number of hydrogen-bond donors (Lipinski definition) is 0. The summed E-state index contributed by atoms with van der Waals surface area (Å²) < 4.78 is 5.42. The highest BCUT2D eigenvalue weighted by Crippen LogP contribution is 2.29. The predicted molar refractivity (Wildman–Crippen MR) is 126 cm³/mol. The van der Waals surface area contributed by atoms with Crippen molar-refractivity contribution >= 4 is 29.6 Å². The molecule has 2 aromatic rings. The summed E-state index contributed by atoms with van der Waals surface area (Å²) in [5, 5.41) is 0. The van der Waals surface area contributed by atoms with Crippen LogP contribution in [0.5, 0.6) is 0 Å². The van der Waals surface area contributed by atoms with E-state index >= 15 is 0 Å². The number of allylic oxidation sites excluding steroid dienone is 1. The maximum absolute atomic E-state index is 12.5. The van der Waals surface area contributed by atoms with Crippen LogP contribution < -0.4 is 0 Å². The van der Waals surface area contributed by atoms with Crippen LogP contribution >= 0.6 is 11.8 Å². The molecule has 0 saturated heterocycles. The zero-order valence-corrected chi connectivity index (χ0v) is 19.9. The molecule has 3 nitrogen and oxygen atoms in total. The number of carbonyl (C=O) groups excluding carboxylic acids is 2. The Morgan fingerprint density at radius 2 is 1.63 bits per heavy atom. The van der Waals surface area contributed by atoms with Crippen LogP contribution in [0.4, 0.5) is 0 Å². The SMILES string of the molecule is CSc1ccc(C(=O)/C=C/c2cc(C)c(CC(C)(C)C(=O)OC(C)C)c(C)c2)cc1. The van der Waals surface area contributed by atoms with Gasteiger partial charge in [-0.2, -0.15) is 0 Å². The van der Waals surface area contributed by atoms with E-state index in [9.17, 15) is 9.59 Å². The molecule has 0 aliphatic carbocycles. The van der Waals surface area contributed by atoms with Crippen molar-refractivity contribution < 1.29 is 14.3 Å². The van der Waals surface area contributed by atoms with Crippen LogP contribution in [0.25, 0.3) is 6.08 Å². The van der Waals surface area contributed by atoms with E-state index in [2.05, 4.69) is 12.1 Å². The Morgan fingerprint density at radius 3 is 2.13 bits per heavy atom. The first-order chi connectivity index (χ1) is 14.0. The van der Waals surface area contributed by atoms with E-state index in [1.54, 1.807) is 17.8 Å². The molecule has 2 aromatic carbocycles. The number of carbonyl (C=O) groups is 2.